The van der Waals surface area contributed by atoms with Crippen molar-refractivity contribution in [2.75, 3.05) is 0 Å². The molecule has 2 nitrogen and oxygen atoms in total. The number of hydrogen-bond acceptors (Lipinski definition) is 3. The first kappa shape index (κ1) is 19.2. The van der Waals surface area contributed by atoms with Gasteiger partial charge in [0.25, 0.3) is 0 Å². The van der Waals surface area contributed by atoms with Crippen molar-refractivity contribution in [3.05, 3.63) is 103 Å². The number of rotatable bonds is 6. The van der Waals surface area contributed by atoms with Gasteiger partial charge in [0, 0.05) is 27.5 Å². The normalized spacial score (nSPS) is 11.6. The number of carbonyl (C=O) groups excluding carboxylic acids is 1. The predicted octanol–water partition coefficient (Wildman–Crippen LogP) is 7.36. The average molecular weight is 396 g/mol. The van der Waals surface area contributed by atoms with Crippen molar-refractivity contribution in [3.63, 3.8) is 0 Å². The Balaban J connectivity index is 1.60. The van der Waals surface area contributed by atoms with Gasteiger partial charge in [0.15, 0.2) is 5.78 Å². The first-order chi connectivity index (χ1) is 14.2. The fourth-order valence-corrected chi connectivity index (χ4v) is 4.29. The Labute approximate surface area is 175 Å². The summed E-state index contributed by atoms with van der Waals surface area (Å²) >= 11 is 1.71. The molecule has 0 saturated carbocycles. The van der Waals surface area contributed by atoms with Gasteiger partial charge in [0.2, 0.25) is 0 Å². The lowest BCUT2D eigenvalue weighted by Crippen LogP contribution is -2.04. The largest absolute Gasteiger partial charge is 0.294 e. The minimum atomic E-state index is 0.0889. The lowest BCUT2D eigenvalue weighted by Gasteiger charge is -2.09. The second kappa shape index (κ2) is 8.89. The van der Waals surface area contributed by atoms with Gasteiger partial charge >= 0.3 is 0 Å². The van der Waals surface area contributed by atoms with Crippen LogP contribution in [0.4, 0.5) is 5.69 Å². The lowest BCUT2D eigenvalue weighted by molar-refractivity contribution is 0.100. The van der Waals surface area contributed by atoms with E-state index in [1.54, 1.807) is 11.8 Å². The summed E-state index contributed by atoms with van der Waals surface area (Å²) in [4.78, 5) is 19.5. The SMILES string of the molecule is CC(CC(=O)c1ccccc1)=Nc1ccccc1Sc1cccc2ccccc12. The molecule has 0 heterocycles. The summed E-state index contributed by atoms with van der Waals surface area (Å²) < 4.78 is 0. The van der Waals surface area contributed by atoms with Crippen LogP contribution in [0.3, 0.4) is 0 Å². The van der Waals surface area contributed by atoms with Crippen molar-refractivity contribution in [3.8, 4) is 0 Å². The number of nitrogens with zero attached hydrogens (tertiary/aromatic N) is 1. The first-order valence-electron chi connectivity index (χ1n) is 9.58. The van der Waals surface area contributed by atoms with Crippen molar-refractivity contribution in [1.82, 2.24) is 0 Å². The maximum Gasteiger partial charge on any atom is 0.168 e. The number of aliphatic imine (C=N–C) groups is 1. The molecule has 0 amide bonds. The van der Waals surface area contributed by atoms with E-state index < -0.39 is 0 Å². The molecule has 142 valence electrons. The van der Waals surface area contributed by atoms with Gasteiger partial charge in [-0.3, -0.25) is 9.79 Å². The third-order valence-corrected chi connectivity index (χ3v) is 5.80. The van der Waals surface area contributed by atoms with Crippen LogP contribution in [0.1, 0.15) is 23.7 Å². The smallest absolute Gasteiger partial charge is 0.168 e. The molecule has 4 aromatic rings. The van der Waals surface area contributed by atoms with E-state index in [0.717, 1.165) is 21.9 Å². The summed E-state index contributed by atoms with van der Waals surface area (Å²) in [7, 11) is 0. The van der Waals surface area contributed by atoms with Crippen molar-refractivity contribution in [2.24, 2.45) is 4.99 Å². The molecule has 0 saturated heterocycles. The quantitative estimate of drug-likeness (QED) is 0.252. The van der Waals surface area contributed by atoms with E-state index in [-0.39, 0.29) is 5.78 Å². The van der Waals surface area contributed by atoms with Gasteiger partial charge in [-0.25, -0.2) is 0 Å². The summed E-state index contributed by atoms with van der Waals surface area (Å²) in [5, 5.41) is 2.46. The Kier molecular flexibility index (Phi) is 5.87. The minimum absolute atomic E-state index is 0.0889. The Morgan fingerprint density at radius 3 is 2.28 bits per heavy atom. The van der Waals surface area contributed by atoms with Crippen molar-refractivity contribution in [1.29, 1.82) is 0 Å². The topological polar surface area (TPSA) is 29.4 Å². The molecule has 0 N–H and O–H groups in total. The number of benzene rings is 4. The van der Waals surface area contributed by atoms with E-state index in [9.17, 15) is 4.79 Å². The monoisotopic (exact) mass is 395 g/mol. The van der Waals surface area contributed by atoms with Gasteiger partial charge in [-0.05, 0) is 35.9 Å². The van der Waals surface area contributed by atoms with E-state index in [1.165, 1.54) is 15.7 Å². The molecule has 0 radical (unpaired) electrons. The van der Waals surface area contributed by atoms with Crippen molar-refractivity contribution >= 4 is 39.7 Å². The molecular weight excluding hydrogens is 374 g/mol. The van der Waals surface area contributed by atoms with E-state index in [1.807, 2.05) is 55.5 Å². The van der Waals surface area contributed by atoms with Gasteiger partial charge in [-0.2, -0.15) is 0 Å². The van der Waals surface area contributed by atoms with E-state index in [4.69, 9.17) is 4.99 Å². The fourth-order valence-electron chi connectivity index (χ4n) is 3.24. The molecule has 0 atom stereocenters. The summed E-state index contributed by atoms with van der Waals surface area (Å²) in [5.41, 5.74) is 2.43. The van der Waals surface area contributed by atoms with Crippen LogP contribution in [-0.2, 0) is 0 Å². The van der Waals surface area contributed by atoms with Crippen LogP contribution in [-0.4, -0.2) is 11.5 Å². The molecule has 0 aromatic heterocycles. The van der Waals surface area contributed by atoms with Crippen LogP contribution in [0.2, 0.25) is 0 Å². The third-order valence-electron chi connectivity index (χ3n) is 4.66. The van der Waals surface area contributed by atoms with Crippen LogP contribution >= 0.6 is 11.8 Å². The molecule has 4 rings (SSSR count). The summed E-state index contributed by atoms with van der Waals surface area (Å²) in [6.07, 6.45) is 0.317. The van der Waals surface area contributed by atoms with Gasteiger partial charge in [-0.15, -0.1) is 0 Å². The molecule has 0 aliphatic heterocycles. The number of ketones is 1. The summed E-state index contributed by atoms with van der Waals surface area (Å²) in [6, 6.07) is 32.2. The van der Waals surface area contributed by atoms with Crippen LogP contribution in [0.25, 0.3) is 10.8 Å². The zero-order chi connectivity index (χ0) is 20.1. The number of hydrogen-bond donors (Lipinski definition) is 0. The Morgan fingerprint density at radius 1 is 0.759 bits per heavy atom. The first-order valence-corrected chi connectivity index (χ1v) is 10.4. The predicted molar refractivity (Wildman–Crippen MR) is 123 cm³/mol. The van der Waals surface area contributed by atoms with Gasteiger partial charge in [0.05, 0.1) is 5.69 Å². The Bertz CT molecular complexity index is 1180. The number of carbonyl (C=O) groups is 1. The molecular formula is C26H21NOS. The van der Waals surface area contributed by atoms with E-state index in [2.05, 4.69) is 48.5 Å². The molecule has 0 unspecified atom stereocenters. The molecule has 0 aliphatic carbocycles. The molecule has 0 fully saturated rings. The van der Waals surface area contributed by atoms with Gasteiger partial charge in [0.1, 0.15) is 0 Å². The molecule has 0 bridgehead atoms. The number of Topliss-reactive ketones (excluding diaryl/α,β-unsaturated/α-hetero) is 1. The van der Waals surface area contributed by atoms with Crippen LogP contribution in [0.5, 0.6) is 0 Å². The maximum absolute atomic E-state index is 12.5. The van der Waals surface area contributed by atoms with Gasteiger partial charge in [-0.1, -0.05) is 90.6 Å². The summed E-state index contributed by atoms with van der Waals surface area (Å²) in [6.45, 7) is 1.92. The molecule has 0 aliphatic rings. The maximum atomic E-state index is 12.5. The molecule has 3 heteroatoms. The highest BCUT2D eigenvalue weighted by Crippen LogP contribution is 2.38. The van der Waals surface area contributed by atoms with E-state index >= 15 is 0 Å². The number of fused-ring (bicyclic) bond motifs is 1. The van der Waals surface area contributed by atoms with Crippen LogP contribution in [0.15, 0.2) is 112 Å². The van der Waals surface area contributed by atoms with E-state index in [0.29, 0.717) is 6.42 Å². The van der Waals surface area contributed by atoms with Gasteiger partial charge < -0.3 is 0 Å². The molecule has 0 spiro atoms. The van der Waals surface area contributed by atoms with Crippen molar-refractivity contribution < 1.29 is 4.79 Å². The number of para-hydroxylation sites is 1. The fraction of sp³-hybridized carbons (Fsp3) is 0.0769. The average Bonchev–Trinajstić information content (AvgIpc) is 2.76. The molecule has 4 aromatic carbocycles. The van der Waals surface area contributed by atoms with Crippen molar-refractivity contribution in [2.45, 2.75) is 23.1 Å². The Hall–Kier alpha value is -3.17. The second-order valence-corrected chi connectivity index (χ2v) is 7.94. The third kappa shape index (κ3) is 4.64. The lowest BCUT2D eigenvalue weighted by atomic mass is 10.1. The highest BCUT2D eigenvalue weighted by Gasteiger charge is 2.10. The summed E-state index contributed by atoms with van der Waals surface area (Å²) in [5.74, 6) is 0.0889. The zero-order valence-corrected chi connectivity index (χ0v) is 17.0. The Morgan fingerprint density at radius 2 is 1.41 bits per heavy atom. The minimum Gasteiger partial charge on any atom is -0.294 e. The standard InChI is InChI=1S/C26H21NOS/c1-19(18-24(28)21-11-3-2-4-12-21)27-23-15-7-8-16-26(23)29-25-17-9-13-20-10-5-6-14-22(20)25/h2-17H,18H2,1H3. The zero-order valence-electron chi connectivity index (χ0n) is 16.2. The highest BCUT2D eigenvalue weighted by atomic mass is 32.2. The second-order valence-electron chi connectivity index (χ2n) is 6.86. The van der Waals surface area contributed by atoms with Crippen LogP contribution < -0.4 is 0 Å². The molecule has 29 heavy (non-hydrogen) atoms. The van der Waals surface area contributed by atoms with Crippen LogP contribution in [0, 0.1) is 0 Å². The highest BCUT2D eigenvalue weighted by molar-refractivity contribution is 7.99.